The van der Waals surface area contributed by atoms with Crippen LogP contribution in [-0.2, 0) is 9.53 Å². The molecule has 1 atom stereocenters. The lowest BCUT2D eigenvalue weighted by Crippen LogP contribution is -2.34. The molecular formula is C12H14Cl2N2O3. The SMILES string of the molecule is COC(=O)C(C)CN(C)C(=O)c1cc(Cl)ncc1Cl. The molecule has 0 aliphatic carbocycles. The molecule has 0 saturated carbocycles. The highest BCUT2D eigenvalue weighted by Gasteiger charge is 2.21. The van der Waals surface area contributed by atoms with Gasteiger partial charge < -0.3 is 9.64 Å². The Morgan fingerprint density at radius 2 is 2.11 bits per heavy atom. The maximum atomic E-state index is 12.2. The Bertz CT molecular complexity index is 494. The second kappa shape index (κ2) is 6.73. The molecular weight excluding hydrogens is 291 g/mol. The van der Waals surface area contributed by atoms with Crippen LogP contribution in [0.3, 0.4) is 0 Å². The molecule has 5 nitrogen and oxygen atoms in total. The Morgan fingerprint density at radius 1 is 1.47 bits per heavy atom. The minimum atomic E-state index is -0.421. The average molecular weight is 305 g/mol. The maximum Gasteiger partial charge on any atom is 0.310 e. The van der Waals surface area contributed by atoms with Crippen molar-refractivity contribution >= 4 is 35.1 Å². The second-order valence-electron chi connectivity index (χ2n) is 4.10. The first-order valence-electron chi connectivity index (χ1n) is 5.51. The number of carbonyl (C=O) groups excluding carboxylic acids is 2. The number of methoxy groups -OCH3 is 1. The fourth-order valence-electron chi connectivity index (χ4n) is 1.55. The van der Waals surface area contributed by atoms with Crippen LogP contribution < -0.4 is 0 Å². The third kappa shape index (κ3) is 4.08. The van der Waals surface area contributed by atoms with Crippen LogP contribution in [0.5, 0.6) is 0 Å². The summed E-state index contributed by atoms with van der Waals surface area (Å²) in [6.45, 7) is 1.90. The molecule has 1 heterocycles. The van der Waals surface area contributed by atoms with Gasteiger partial charge >= 0.3 is 5.97 Å². The lowest BCUT2D eigenvalue weighted by atomic mass is 10.1. The van der Waals surface area contributed by atoms with E-state index in [-0.39, 0.29) is 34.2 Å². The van der Waals surface area contributed by atoms with Crippen LogP contribution in [0.15, 0.2) is 12.3 Å². The van der Waals surface area contributed by atoms with Gasteiger partial charge in [-0.3, -0.25) is 9.59 Å². The molecule has 0 saturated heterocycles. The predicted octanol–water partition coefficient (Wildman–Crippen LogP) is 2.27. The molecule has 1 aromatic heterocycles. The van der Waals surface area contributed by atoms with E-state index in [2.05, 4.69) is 9.72 Å². The van der Waals surface area contributed by atoms with Gasteiger partial charge in [0.2, 0.25) is 0 Å². The number of nitrogens with zero attached hydrogens (tertiary/aromatic N) is 2. The van der Waals surface area contributed by atoms with Crippen LogP contribution in [0.25, 0.3) is 0 Å². The van der Waals surface area contributed by atoms with Crippen molar-refractivity contribution in [3.63, 3.8) is 0 Å². The maximum absolute atomic E-state index is 12.2. The molecule has 0 fully saturated rings. The summed E-state index contributed by atoms with van der Waals surface area (Å²) in [7, 11) is 2.88. The van der Waals surface area contributed by atoms with Gasteiger partial charge in [-0.2, -0.15) is 0 Å². The van der Waals surface area contributed by atoms with Gasteiger partial charge in [-0.05, 0) is 6.07 Å². The number of hydrogen-bond acceptors (Lipinski definition) is 4. The van der Waals surface area contributed by atoms with Crippen molar-refractivity contribution in [2.75, 3.05) is 20.7 Å². The first-order valence-corrected chi connectivity index (χ1v) is 6.26. The number of hydrogen-bond donors (Lipinski definition) is 0. The number of aromatic nitrogens is 1. The quantitative estimate of drug-likeness (QED) is 0.632. The summed E-state index contributed by atoms with van der Waals surface area (Å²) in [5.41, 5.74) is 0.251. The first-order chi connectivity index (χ1) is 8.86. The molecule has 0 aliphatic heterocycles. The lowest BCUT2D eigenvalue weighted by molar-refractivity contribution is -0.145. The van der Waals surface area contributed by atoms with Crippen LogP contribution in [0.1, 0.15) is 17.3 Å². The Morgan fingerprint density at radius 3 is 2.68 bits per heavy atom. The van der Waals surface area contributed by atoms with Crippen LogP contribution in [0.2, 0.25) is 10.2 Å². The number of amides is 1. The van der Waals surface area contributed by atoms with E-state index in [1.165, 1.54) is 24.3 Å². The van der Waals surface area contributed by atoms with Gasteiger partial charge in [-0.15, -0.1) is 0 Å². The van der Waals surface area contributed by atoms with Gasteiger partial charge in [0.25, 0.3) is 5.91 Å². The van der Waals surface area contributed by atoms with E-state index in [4.69, 9.17) is 23.2 Å². The summed E-state index contributed by atoms with van der Waals surface area (Å²) in [6.07, 6.45) is 1.31. The normalized spacial score (nSPS) is 11.8. The summed E-state index contributed by atoms with van der Waals surface area (Å²) in [5, 5.41) is 0.397. The van der Waals surface area contributed by atoms with Crippen molar-refractivity contribution in [3.05, 3.63) is 28.0 Å². The first kappa shape index (κ1) is 15.7. The van der Waals surface area contributed by atoms with Crippen molar-refractivity contribution in [2.24, 2.45) is 5.92 Å². The molecule has 7 heteroatoms. The smallest absolute Gasteiger partial charge is 0.310 e. The van der Waals surface area contributed by atoms with E-state index in [0.29, 0.717) is 0 Å². The topological polar surface area (TPSA) is 59.5 Å². The van der Waals surface area contributed by atoms with Crippen LogP contribution in [0, 0.1) is 5.92 Å². The minimum Gasteiger partial charge on any atom is -0.469 e. The summed E-state index contributed by atoms with van der Waals surface area (Å²) in [6, 6.07) is 1.39. The van der Waals surface area contributed by atoms with Crippen molar-refractivity contribution < 1.29 is 14.3 Å². The van der Waals surface area contributed by atoms with E-state index < -0.39 is 5.92 Å². The molecule has 0 aliphatic rings. The highest BCUT2D eigenvalue weighted by Crippen LogP contribution is 2.20. The zero-order valence-electron chi connectivity index (χ0n) is 10.8. The lowest BCUT2D eigenvalue weighted by Gasteiger charge is -2.20. The minimum absolute atomic E-state index is 0.183. The molecule has 19 heavy (non-hydrogen) atoms. The van der Waals surface area contributed by atoms with Gasteiger partial charge in [0, 0.05) is 19.8 Å². The zero-order valence-corrected chi connectivity index (χ0v) is 12.3. The molecule has 1 amide bonds. The van der Waals surface area contributed by atoms with Gasteiger partial charge in [0.15, 0.2) is 0 Å². The molecule has 0 radical (unpaired) electrons. The van der Waals surface area contributed by atoms with Crippen molar-refractivity contribution in [2.45, 2.75) is 6.92 Å². The standard InChI is InChI=1S/C12H14Cl2N2O3/c1-7(12(18)19-3)6-16(2)11(17)8-4-10(14)15-5-9(8)13/h4-5,7H,6H2,1-3H3. The Labute approximate surface area is 121 Å². The Balaban J connectivity index is 2.82. The third-order valence-electron chi connectivity index (χ3n) is 2.55. The van der Waals surface area contributed by atoms with E-state index in [1.54, 1.807) is 14.0 Å². The van der Waals surface area contributed by atoms with Crippen LogP contribution >= 0.6 is 23.2 Å². The highest BCUT2D eigenvalue weighted by atomic mass is 35.5. The second-order valence-corrected chi connectivity index (χ2v) is 4.89. The fraction of sp³-hybridized carbons (Fsp3) is 0.417. The Kier molecular flexibility index (Phi) is 5.57. The van der Waals surface area contributed by atoms with Crippen molar-refractivity contribution in [3.8, 4) is 0 Å². The zero-order chi connectivity index (χ0) is 14.6. The molecule has 1 rings (SSSR count). The molecule has 0 bridgehead atoms. The van der Waals surface area contributed by atoms with E-state index in [9.17, 15) is 9.59 Å². The van der Waals surface area contributed by atoms with E-state index in [0.717, 1.165) is 0 Å². The molecule has 1 aromatic rings. The average Bonchev–Trinajstić information content (AvgIpc) is 2.39. The number of carbonyl (C=O) groups is 2. The van der Waals surface area contributed by atoms with Gasteiger partial charge in [0.05, 0.1) is 23.6 Å². The van der Waals surface area contributed by atoms with Crippen molar-refractivity contribution in [1.29, 1.82) is 0 Å². The number of ether oxygens (including phenoxy) is 1. The molecule has 0 N–H and O–H groups in total. The summed E-state index contributed by atoms with van der Waals surface area (Å²) in [4.78, 5) is 28.6. The number of rotatable bonds is 4. The fourth-order valence-corrected chi connectivity index (χ4v) is 1.89. The van der Waals surface area contributed by atoms with E-state index in [1.807, 2.05) is 0 Å². The number of esters is 1. The van der Waals surface area contributed by atoms with E-state index >= 15 is 0 Å². The summed E-state index contributed by atoms with van der Waals surface area (Å²) < 4.78 is 4.61. The van der Waals surface area contributed by atoms with Crippen LogP contribution in [0.4, 0.5) is 0 Å². The molecule has 104 valence electrons. The van der Waals surface area contributed by atoms with Gasteiger partial charge in [0.1, 0.15) is 5.15 Å². The van der Waals surface area contributed by atoms with Gasteiger partial charge in [-0.25, -0.2) is 4.98 Å². The monoisotopic (exact) mass is 304 g/mol. The van der Waals surface area contributed by atoms with Crippen molar-refractivity contribution in [1.82, 2.24) is 9.88 Å². The van der Waals surface area contributed by atoms with Gasteiger partial charge in [-0.1, -0.05) is 30.1 Å². The Hall–Kier alpha value is -1.33. The number of halogens is 2. The number of pyridine rings is 1. The predicted molar refractivity (Wildman–Crippen MR) is 72.4 cm³/mol. The third-order valence-corrected chi connectivity index (χ3v) is 3.06. The summed E-state index contributed by atoms with van der Waals surface area (Å²) in [5.74, 6) is -1.13. The molecule has 0 aromatic carbocycles. The highest BCUT2D eigenvalue weighted by molar-refractivity contribution is 6.35. The molecule has 1 unspecified atom stereocenters. The molecule has 0 spiro atoms. The summed E-state index contributed by atoms with van der Waals surface area (Å²) >= 11 is 11.6. The van der Waals surface area contributed by atoms with Crippen LogP contribution in [-0.4, -0.2) is 42.5 Å². The largest absolute Gasteiger partial charge is 0.469 e.